The summed E-state index contributed by atoms with van der Waals surface area (Å²) in [4.78, 5) is 24.9. The van der Waals surface area contributed by atoms with E-state index >= 15 is 0 Å². The smallest absolute Gasteiger partial charge is 0.432 e. The summed E-state index contributed by atoms with van der Waals surface area (Å²) in [6.07, 6.45) is -11.5. The van der Waals surface area contributed by atoms with E-state index in [1.807, 2.05) is 0 Å². The number of aromatic nitrogens is 4. The lowest BCUT2D eigenvalue weighted by Crippen LogP contribution is -2.40. The molecule has 0 spiro atoms. The van der Waals surface area contributed by atoms with E-state index in [9.17, 15) is 31.1 Å². The number of alkyl halides is 6. The Balaban J connectivity index is 1.85. The molecule has 0 radical (unpaired) electrons. The molecule has 1 aliphatic heterocycles. The van der Waals surface area contributed by atoms with E-state index in [1.54, 1.807) is 11.9 Å². The average molecular weight is 442 g/mol. The van der Waals surface area contributed by atoms with Crippen LogP contribution in [0.5, 0.6) is 0 Å². The third-order valence-corrected chi connectivity index (χ3v) is 4.32. The van der Waals surface area contributed by atoms with Crippen LogP contribution in [0.3, 0.4) is 0 Å². The zero-order valence-electron chi connectivity index (χ0n) is 15.4. The molecule has 1 saturated heterocycles. The number of ether oxygens (including phenoxy) is 2. The first-order valence-corrected chi connectivity index (χ1v) is 8.57. The van der Waals surface area contributed by atoms with E-state index in [0.29, 0.717) is 0 Å². The second kappa shape index (κ2) is 7.86. The second-order valence-corrected chi connectivity index (χ2v) is 6.51. The number of aryl methyl sites for hydroxylation is 1. The topological polar surface area (TPSA) is 108 Å². The molecule has 30 heavy (non-hydrogen) atoms. The van der Waals surface area contributed by atoms with Crippen LogP contribution in [-0.2, 0) is 21.3 Å². The largest absolute Gasteiger partial charge is 0.522 e. The fraction of sp³-hybridized carbons (Fsp3) is 0.600. The van der Waals surface area contributed by atoms with Gasteiger partial charge in [-0.3, -0.25) is 10.5 Å². The van der Waals surface area contributed by atoms with Crippen molar-refractivity contribution < 1.29 is 40.6 Å². The summed E-state index contributed by atoms with van der Waals surface area (Å²) in [6, 6.07) is 0. The predicted molar refractivity (Wildman–Crippen MR) is 87.8 cm³/mol. The molecule has 15 heteroatoms. The summed E-state index contributed by atoms with van der Waals surface area (Å²) in [5, 5.41) is 0. The Morgan fingerprint density at radius 1 is 1.20 bits per heavy atom. The Hall–Kier alpha value is -2.68. The molecule has 1 aliphatic rings. The van der Waals surface area contributed by atoms with Gasteiger partial charge in [0, 0.05) is 20.1 Å². The van der Waals surface area contributed by atoms with Crippen molar-refractivity contribution in [2.75, 3.05) is 18.0 Å². The Bertz CT molecular complexity index is 922. The summed E-state index contributed by atoms with van der Waals surface area (Å²) in [5.74, 6) is -2.76. The van der Waals surface area contributed by atoms with Gasteiger partial charge in [-0.2, -0.15) is 13.2 Å². The number of halogens is 6. The van der Waals surface area contributed by atoms with Crippen LogP contribution in [0.15, 0.2) is 6.33 Å². The number of hydrogen-bond acceptors (Lipinski definition) is 8. The third-order valence-electron chi connectivity index (χ3n) is 4.32. The molecule has 166 valence electrons. The maximum absolute atomic E-state index is 12.4. The molecule has 0 bridgehead atoms. The van der Waals surface area contributed by atoms with Gasteiger partial charge >= 0.3 is 18.5 Å². The molecule has 0 aromatic carbocycles. The van der Waals surface area contributed by atoms with E-state index < -0.39 is 36.7 Å². The van der Waals surface area contributed by atoms with Crippen molar-refractivity contribution in [3.63, 3.8) is 0 Å². The number of nitrogens with zero attached hydrogens (tertiary/aromatic N) is 5. The molecule has 1 fully saturated rings. The molecule has 1 atom stereocenters. The molecule has 0 amide bonds. The molecule has 0 saturated carbocycles. The highest BCUT2D eigenvalue weighted by Crippen LogP contribution is 2.30. The zero-order valence-corrected chi connectivity index (χ0v) is 15.4. The zero-order chi connectivity index (χ0) is 22.3. The van der Waals surface area contributed by atoms with Crippen LogP contribution in [0.25, 0.3) is 11.2 Å². The minimum absolute atomic E-state index is 0.0300. The fourth-order valence-electron chi connectivity index (χ4n) is 2.97. The first-order valence-electron chi connectivity index (χ1n) is 8.57. The van der Waals surface area contributed by atoms with Gasteiger partial charge in [0.25, 0.3) is 0 Å². The maximum atomic E-state index is 12.4. The van der Waals surface area contributed by atoms with Crippen molar-refractivity contribution in [3.8, 4) is 0 Å². The lowest BCUT2D eigenvalue weighted by atomic mass is 10.1. The number of anilines is 1. The van der Waals surface area contributed by atoms with Gasteiger partial charge in [0.15, 0.2) is 22.8 Å². The number of carbonyl (C=O) groups is 1. The molecular weight excluding hydrogens is 426 g/mol. The molecule has 2 aromatic rings. The molecule has 3 rings (SSSR count). The van der Waals surface area contributed by atoms with Crippen molar-refractivity contribution in [3.05, 3.63) is 12.2 Å². The SMILES string of the molecule is Cn1cnc2c(N3CCC(OC(F)(F)F)CC3)nc(C(N)OC(=O)C(F)(F)F)nc21. The van der Waals surface area contributed by atoms with Gasteiger partial charge in [0.2, 0.25) is 6.23 Å². The van der Waals surface area contributed by atoms with Crippen LogP contribution >= 0.6 is 0 Å². The number of rotatable bonds is 4. The van der Waals surface area contributed by atoms with Gasteiger partial charge in [0.05, 0.1) is 12.4 Å². The summed E-state index contributed by atoms with van der Waals surface area (Å²) < 4.78 is 84.1. The van der Waals surface area contributed by atoms with E-state index in [2.05, 4.69) is 24.4 Å². The van der Waals surface area contributed by atoms with Gasteiger partial charge < -0.3 is 14.2 Å². The number of carbonyl (C=O) groups excluding carboxylic acids is 1. The van der Waals surface area contributed by atoms with Crippen molar-refractivity contribution in [1.29, 1.82) is 0 Å². The van der Waals surface area contributed by atoms with E-state index in [4.69, 9.17) is 5.73 Å². The minimum atomic E-state index is -5.25. The highest BCUT2D eigenvalue weighted by Gasteiger charge is 2.42. The number of imidazole rings is 1. The van der Waals surface area contributed by atoms with Crippen LogP contribution in [0.1, 0.15) is 24.9 Å². The fourth-order valence-corrected chi connectivity index (χ4v) is 2.97. The van der Waals surface area contributed by atoms with Gasteiger partial charge in [-0.25, -0.2) is 19.7 Å². The highest BCUT2D eigenvalue weighted by atomic mass is 19.4. The van der Waals surface area contributed by atoms with E-state index in [-0.39, 0.29) is 42.9 Å². The lowest BCUT2D eigenvalue weighted by Gasteiger charge is -2.33. The molecule has 2 N–H and O–H groups in total. The third kappa shape index (κ3) is 4.89. The summed E-state index contributed by atoms with van der Waals surface area (Å²) in [5.41, 5.74) is 6.00. The predicted octanol–water partition coefficient (Wildman–Crippen LogP) is 1.93. The Kier molecular flexibility index (Phi) is 5.77. The van der Waals surface area contributed by atoms with Crippen molar-refractivity contribution in [1.82, 2.24) is 19.5 Å². The van der Waals surface area contributed by atoms with Crippen molar-refractivity contribution >= 4 is 23.0 Å². The number of esters is 1. The summed E-state index contributed by atoms with van der Waals surface area (Å²) in [7, 11) is 1.56. The molecule has 2 aromatic heterocycles. The number of fused-ring (bicyclic) bond motifs is 1. The monoisotopic (exact) mass is 442 g/mol. The lowest BCUT2D eigenvalue weighted by molar-refractivity contribution is -0.344. The Labute approximate surface area is 164 Å². The van der Waals surface area contributed by atoms with Crippen molar-refractivity contribution in [2.24, 2.45) is 12.8 Å². The van der Waals surface area contributed by atoms with Crippen molar-refractivity contribution in [2.45, 2.75) is 37.7 Å². The molecule has 0 aliphatic carbocycles. The van der Waals surface area contributed by atoms with E-state index in [1.165, 1.54) is 10.9 Å². The standard InChI is InChI=1S/C15H16F6N6O3/c1-26-6-23-8-11(26)24-10(9(22)29-13(28)14(16,17)18)25-12(8)27-4-2-7(3-5-27)30-15(19,20)21/h6-7,9H,2-5,22H2,1H3. The molecule has 3 heterocycles. The van der Waals surface area contributed by atoms with Crippen LogP contribution in [-0.4, -0.2) is 57.2 Å². The summed E-state index contributed by atoms with van der Waals surface area (Å²) >= 11 is 0. The van der Waals surface area contributed by atoms with Crippen LogP contribution in [0.2, 0.25) is 0 Å². The quantitative estimate of drug-likeness (QED) is 0.435. The molecule has 9 nitrogen and oxygen atoms in total. The Morgan fingerprint density at radius 3 is 2.40 bits per heavy atom. The maximum Gasteiger partial charge on any atom is 0.522 e. The van der Waals surface area contributed by atoms with Gasteiger partial charge in [-0.1, -0.05) is 0 Å². The molecule has 1 unspecified atom stereocenters. The van der Waals surface area contributed by atoms with Gasteiger partial charge in [0.1, 0.15) is 0 Å². The van der Waals surface area contributed by atoms with E-state index in [0.717, 1.165) is 0 Å². The average Bonchev–Trinajstić information content (AvgIpc) is 3.00. The molecular formula is C15H16F6N6O3. The van der Waals surface area contributed by atoms with Gasteiger partial charge in [-0.15, -0.1) is 13.2 Å². The second-order valence-electron chi connectivity index (χ2n) is 6.51. The number of hydrogen-bond donors (Lipinski definition) is 1. The number of piperidine rings is 1. The van der Waals surface area contributed by atoms with Crippen LogP contribution in [0, 0.1) is 0 Å². The number of nitrogens with two attached hydrogens (primary N) is 1. The summed E-state index contributed by atoms with van der Waals surface area (Å²) in [6.45, 7) is 0.223. The highest BCUT2D eigenvalue weighted by molar-refractivity contribution is 5.83. The minimum Gasteiger partial charge on any atom is -0.432 e. The van der Waals surface area contributed by atoms with Crippen LogP contribution < -0.4 is 10.6 Å². The first kappa shape index (κ1) is 22.0. The normalized spacial score (nSPS) is 17.4. The first-order chi connectivity index (χ1) is 13.8. The van der Waals surface area contributed by atoms with Gasteiger partial charge in [-0.05, 0) is 12.8 Å². The van der Waals surface area contributed by atoms with Crippen LogP contribution in [0.4, 0.5) is 32.2 Å². The Morgan fingerprint density at radius 2 is 1.83 bits per heavy atom.